The Morgan fingerprint density at radius 3 is 0.563 bits per heavy atom. The number of rotatable bonds is 72. The summed E-state index contributed by atoms with van der Waals surface area (Å²) in [6.07, 6.45) is 93.5. The molecule has 0 saturated heterocycles. The van der Waals surface area contributed by atoms with E-state index in [9.17, 15) is 25.9 Å². The Hall–Kier alpha value is 0.480. The molecule has 0 aliphatic heterocycles. The van der Waals surface area contributed by atoms with Gasteiger partial charge in [-0.15, -0.1) is 0 Å². The maximum atomic E-state index is 11.0. The van der Waals surface area contributed by atoms with Crippen LogP contribution in [0.3, 0.4) is 0 Å². The molecular formula is C76H150CaO8S2. The Kier molecular flexibility index (Phi) is 81.3. The second-order valence-electron chi connectivity index (χ2n) is 26.7. The van der Waals surface area contributed by atoms with Crippen molar-refractivity contribution in [2.75, 3.05) is 13.2 Å². The van der Waals surface area contributed by atoms with Gasteiger partial charge in [-0.05, 0) is 38.5 Å². The Bertz CT molecular complexity index is 1440. The summed E-state index contributed by atoms with van der Waals surface area (Å²) in [7, 11) is -9.25. The molecule has 0 aliphatic carbocycles. The molecule has 8 nitrogen and oxygen atoms in total. The van der Waals surface area contributed by atoms with E-state index in [1.54, 1.807) is 0 Å². The van der Waals surface area contributed by atoms with E-state index in [2.05, 4.69) is 60.4 Å². The molecule has 11 heteroatoms. The van der Waals surface area contributed by atoms with Crippen molar-refractivity contribution in [1.82, 2.24) is 0 Å². The quantitative estimate of drug-likeness (QED) is 0.0193. The van der Waals surface area contributed by atoms with Crippen molar-refractivity contribution >= 4 is 58.5 Å². The molecule has 0 aromatic rings. The SMILES string of the molecule is CCCCCCCCCCCCCCCCCC/C=C/C(CCCCCCCCCCCCCCCC)COS(=O)(=O)[O-].CCCCCCCCCCCCCCCCCC/C=C/C(CCCCCCCCCCCCCCCC)COS(=O)(=O)[O-].[Ca+2]. The normalized spacial score (nSPS) is 12.8. The van der Waals surface area contributed by atoms with Crippen LogP contribution in [0, 0.1) is 11.8 Å². The molecule has 0 heterocycles. The molecule has 0 rings (SSSR count). The van der Waals surface area contributed by atoms with Crippen LogP contribution >= 0.6 is 0 Å². The summed E-state index contributed by atoms with van der Waals surface area (Å²) in [4.78, 5) is 0. The fourth-order valence-corrected chi connectivity index (χ4v) is 12.9. The van der Waals surface area contributed by atoms with Crippen LogP contribution in [-0.2, 0) is 29.2 Å². The molecule has 0 radical (unpaired) electrons. The largest absolute Gasteiger partial charge is 2.00 e. The van der Waals surface area contributed by atoms with Crippen molar-refractivity contribution in [2.45, 2.75) is 439 Å². The van der Waals surface area contributed by atoms with Gasteiger partial charge in [0.2, 0.25) is 20.8 Å². The second kappa shape index (κ2) is 77.2. The van der Waals surface area contributed by atoms with E-state index in [0.717, 1.165) is 38.5 Å². The minimum absolute atomic E-state index is 0. The van der Waals surface area contributed by atoms with Crippen LogP contribution in [0.2, 0.25) is 0 Å². The molecule has 516 valence electrons. The predicted molar refractivity (Wildman–Crippen MR) is 380 cm³/mol. The van der Waals surface area contributed by atoms with Crippen molar-refractivity contribution in [3.05, 3.63) is 24.3 Å². The summed E-state index contributed by atoms with van der Waals surface area (Å²) >= 11 is 0. The summed E-state index contributed by atoms with van der Waals surface area (Å²) in [6.45, 7) is 9.08. The van der Waals surface area contributed by atoms with E-state index < -0.39 is 20.8 Å². The Morgan fingerprint density at radius 1 is 0.253 bits per heavy atom. The summed E-state index contributed by atoms with van der Waals surface area (Å²) in [6, 6.07) is 0. The number of hydrogen-bond donors (Lipinski definition) is 0. The average molecular weight is 1300 g/mol. The predicted octanol–water partition coefficient (Wildman–Crippen LogP) is 25.9. The van der Waals surface area contributed by atoms with E-state index in [4.69, 9.17) is 0 Å². The van der Waals surface area contributed by atoms with Gasteiger partial charge in [0.25, 0.3) is 0 Å². The molecule has 0 aromatic heterocycles. The molecule has 0 amide bonds. The molecule has 2 unspecified atom stereocenters. The van der Waals surface area contributed by atoms with E-state index in [-0.39, 0.29) is 62.8 Å². The van der Waals surface area contributed by atoms with E-state index in [1.807, 2.05) is 0 Å². The fraction of sp³-hybridized carbons (Fsp3) is 0.947. The van der Waals surface area contributed by atoms with Gasteiger partial charge in [-0.3, -0.25) is 8.37 Å². The minimum atomic E-state index is -4.62. The molecule has 2 atom stereocenters. The maximum Gasteiger partial charge on any atom is 2.00 e. The van der Waals surface area contributed by atoms with Gasteiger partial charge >= 0.3 is 37.7 Å². The standard InChI is InChI=1S/2C38H76O4S.Ca/c2*1-3-5-7-9-11-13-15-17-19-20-21-22-24-26-28-30-32-34-36-38(37-42-43(39,40)41)35-33-31-29-27-25-23-18-16-14-12-10-8-6-4-2;/h2*34,36,38H,3-33,35,37H2,1-2H3,(H,39,40,41);/q;;+2/p-2/b2*36-34+;. The zero-order valence-corrected chi connectivity index (χ0v) is 62.8. The molecule has 0 aromatic carbocycles. The number of allylic oxidation sites excluding steroid dienone is 2. The molecule has 0 fully saturated rings. The van der Waals surface area contributed by atoms with E-state index >= 15 is 0 Å². The van der Waals surface area contributed by atoms with Crippen LogP contribution in [0.4, 0.5) is 0 Å². The summed E-state index contributed by atoms with van der Waals surface area (Å²) in [5.41, 5.74) is 0. The third-order valence-electron chi connectivity index (χ3n) is 18.0. The van der Waals surface area contributed by atoms with Crippen molar-refractivity contribution < 1.29 is 34.3 Å². The average Bonchev–Trinajstić information content (AvgIpc) is 3.56. The van der Waals surface area contributed by atoms with Crippen LogP contribution in [0.15, 0.2) is 24.3 Å². The Balaban J connectivity index is -0.00000160. The number of hydrogen-bond acceptors (Lipinski definition) is 8. The molecule has 0 saturated carbocycles. The van der Waals surface area contributed by atoms with E-state index in [1.165, 1.54) is 372 Å². The summed E-state index contributed by atoms with van der Waals surface area (Å²) in [5, 5.41) is 0. The van der Waals surface area contributed by atoms with Gasteiger partial charge in [0.15, 0.2) is 0 Å². The van der Waals surface area contributed by atoms with Crippen LogP contribution < -0.4 is 0 Å². The monoisotopic (exact) mass is 1300 g/mol. The minimum Gasteiger partial charge on any atom is -0.726 e. The molecule has 0 N–H and O–H groups in total. The zero-order chi connectivity index (χ0) is 63.1. The van der Waals surface area contributed by atoms with Crippen molar-refractivity contribution in [1.29, 1.82) is 0 Å². The van der Waals surface area contributed by atoms with Crippen molar-refractivity contribution in [2.24, 2.45) is 11.8 Å². The third kappa shape index (κ3) is 86.5. The maximum absolute atomic E-state index is 11.0. The van der Waals surface area contributed by atoms with Gasteiger partial charge in [0, 0.05) is 11.8 Å². The summed E-state index contributed by atoms with van der Waals surface area (Å²) in [5.74, 6) is 0.0317. The molecular weight excluding hydrogens is 1150 g/mol. The van der Waals surface area contributed by atoms with E-state index in [0.29, 0.717) is 0 Å². The third-order valence-corrected chi connectivity index (χ3v) is 18.8. The van der Waals surface area contributed by atoms with Gasteiger partial charge in [0.1, 0.15) is 0 Å². The van der Waals surface area contributed by atoms with Crippen LogP contribution in [0.25, 0.3) is 0 Å². The van der Waals surface area contributed by atoms with Gasteiger partial charge in [0.05, 0.1) is 13.2 Å². The van der Waals surface area contributed by atoms with Crippen LogP contribution in [0.1, 0.15) is 439 Å². The first-order chi connectivity index (χ1) is 42.0. The molecule has 0 spiro atoms. The Morgan fingerprint density at radius 2 is 0.402 bits per heavy atom. The molecule has 0 aliphatic rings. The second-order valence-corrected chi connectivity index (χ2v) is 28.8. The summed E-state index contributed by atoms with van der Waals surface area (Å²) < 4.78 is 75.1. The van der Waals surface area contributed by atoms with Gasteiger partial charge in [-0.1, -0.05) is 424 Å². The first kappa shape index (κ1) is 91.7. The molecule has 0 bridgehead atoms. The van der Waals surface area contributed by atoms with Crippen molar-refractivity contribution in [3.8, 4) is 0 Å². The van der Waals surface area contributed by atoms with Gasteiger partial charge in [-0.25, -0.2) is 16.8 Å². The fourth-order valence-electron chi connectivity index (χ4n) is 12.2. The molecule has 87 heavy (non-hydrogen) atoms. The van der Waals surface area contributed by atoms with Crippen LogP contribution in [0.5, 0.6) is 0 Å². The smallest absolute Gasteiger partial charge is 0.726 e. The first-order valence-electron chi connectivity index (χ1n) is 38.5. The first-order valence-corrected chi connectivity index (χ1v) is 41.2. The van der Waals surface area contributed by atoms with Gasteiger partial charge < -0.3 is 9.11 Å². The number of unbranched alkanes of at least 4 members (excludes halogenated alkanes) is 58. The van der Waals surface area contributed by atoms with Crippen LogP contribution in [-0.4, -0.2) is 76.9 Å². The Labute approximate surface area is 576 Å². The van der Waals surface area contributed by atoms with Crippen molar-refractivity contribution in [3.63, 3.8) is 0 Å². The topological polar surface area (TPSA) is 133 Å². The van der Waals surface area contributed by atoms with Gasteiger partial charge in [-0.2, -0.15) is 0 Å². The zero-order valence-electron chi connectivity index (χ0n) is 58.9.